The van der Waals surface area contributed by atoms with Gasteiger partial charge in [-0.1, -0.05) is 42.5 Å². The van der Waals surface area contributed by atoms with Crippen LogP contribution >= 0.6 is 0 Å². The highest BCUT2D eigenvalue weighted by atomic mass is 16.5. The van der Waals surface area contributed by atoms with Gasteiger partial charge in [0.05, 0.1) is 30.7 Å². The smallest absolute Gasteiger partial charge is 0.260 e. The molecule has 3 aromatic carbocycles. The van der Waals surface area contributed by atoms with Crippen LogP contribution in [0.15, 0.2) is 78.9 Å². The number of para-hydroxylation sites is 1. The number of amides is 1. The monoisotopic (exact) mass is 548 g/mol. The zero-order valence-corrected chi connectivity index (χ0v) is 24.1. The maximum atomic E-state index is 14.7. The van der Waals surface area contributed by atoms with E-state index in [1.165, 1.54) is 0 Å². The van der Waals surface area contributed by atoms with Crippen molar-refractivity contribution in [2.24, 2.45) is 0 Å². The molecular formula is C34H36N4O3. The molecule has 41 heavy (non-hydrogen) atoms. The van der Waals surface area contributed by atoms with Crippen LogP contribution in [0.4, 0.5) is 5.69 Å². The van der Waals surface area contributed by atoms with Crippen molar-refractivity contribution in [3.05, 3.63) is 107 Å². The number of fused-ring (bicyclic) bond motifs is 2. The van der Waals surface area contributed by atoms with Gasteiger partial charge < -0.3 is 14.2 Å². The second-order valence-electron chi connectivity index (χ2n) is 11.2. The van der Waals surface area contributed by atoms with E-state index in [1.807, 2.05) is 71.6 Å². The molecule has 4 aromatic rings. The van der Waals surface area contributed by atoms with Gasteiger partial charge in [-0.15, -0.1) is 0 Å². The molecule has 7 nitrogen and oxygen atoms in total. The molecule has 0 spiro atoms. The number of anilines is 1. The first kappa shape index (κ1) is 27.0. The third kappa shape index (κ3) is 4.75. The minimum atomic E-state index is -0.369. The lowest BCUT2D eigenvalue weighted by Gasteiger charge is -2.38. The summed E-state index contributed by atoms with van der Waals surface area (Å²) in [5.74, 6) is 0.554. The Hall–Kier alpha value is -4.20. The van der Waals surface area contributed by atoms with E-state index in [0.29, 0.717) is 29.6 Å². The highest BCUT2D eigenvalue weighted by molar-refractivity contribution is 6.07. The van der Waals surface area contributed by atoms with Gasteiger partial charge in [0.25, 0.3) is 5.91 Å². The second kappa shape index (κ2) is 11.0. The molecule has 0 aliphatic carbocycles. The number of carbonyl (C=O) groups is 2. The van der Waals surface area contributed by atoms with Gasteiger partial charge in [-0.25, -0.2) is 0 Å². The number of hydrogen-bond donors (Lipinski definition) is 0. The molecular weight excluding hydrogens is 512 g/mol. The van der Waals surface area contributed by atoms with Gasteiger partial charge in [0.2, 0.25) is 0 Å². The second-order valence-corrected chi connectivity index (χ2v) is 11.2. The van der Waals surface area contributed by atoms with Crippen LogP contribution in [-0.4, -0.2) is 66.9 Å². The van der Waals surface area contributed by atoms with Crippen LogP contribution in [0, 0.1) is 6.92 Å². The fourth-order valence-electron chi connectivity index (χ4n) is 6.37. The Morgan fingerprint density at radius 2 is 1.76 bits per heavy atom. The van der Waals surface area contributed by atoms with Crippen molar-refractivity contribution in [1.29, 1.82) is 0 Å². The first-order chi connectivity index (χ1) is 19.9. The van der Waals surface area contributed by atoms with Crippen LogP contribution in [0.25, 0.3) is 11.1 Å². The molecule has 1 unspecified atom stereocenters. The van der Waals surface area contributed by atoms with E-state index < -0.39 is 0 Å². The quantitative estimate of drug-likeness (QED) is 0.293. The number of methoxy groups -OCH3 is 1. The average molecular weight is 549 g/mol. The zero-order valence-electron chi connectivity index (χ0n) is 24.1. The molecule has 3 heterocycles. The number of carbonyl (C=O) groups excluding carboxylic acids is 2. The number of hydrogen-bond acceptors (Lipinski definition) is 5. The summed E-state index contributed by atoms with van der Waals surface area (Å²) in [4.78, 5) is 33.4. The number of aldehydes is 1. The Morgan fingerprint density at radius 3 is 2.49 bits per heavy atom. The summed E-state index contributed by atoms with van der Waals surface area (Å²) < 4.78 is 7.90. The Labute approximate surface area is 241 Å². The number of aromatic nitrogens is 1. The number of rotatable bonds is 6. The van der Waals surface area contributed by atoms with E-state index in [0.717, 1.165) is 59.4 Å². The first-order valence-corrected chi connectivity index (χ1v) is 14.1. The molecule has 2 aliphatic heterocycles. The lowest BCUT2D eigenvalue weighted by Crippen LogP contribution is -2.45. The largest absolute Gasteiger partial charge is 0.496 e. The minimum Gasteiger partial charge on any atom is -0.496 e. The predicted molar refractivity (Wildman–Crippen MR) is 162 cm³/mol. The lowest BCUT2D eigenvalue weighted by atomic mass is 9.98. The minimum absolute atomic E-state index is 0.104. The highest BCUT2D eigenvalue weighted by Gasteiger charge is 2.41. The fraction of sp³-hybridized carbons (Fsp3) is 0.294. The molecule has 1 aromatic heterocycles. The van der Waals surface area contributed by atoms with Crippen LogP contribution in [0.1, 0.15) is 50.3 Å². The van der Waals surface area contributed by atoms with Gasteiger partial charge in [0.15, 0.2) is 6.29 Å². The molecule has 6 rings (SSSR count). The Kier molecular flexibility index (Phi) is 7.24. The van der Waals surface area contributed by atoms with Crippen molar-refractivity contribution in [2.45, 2.75) is 32.1 Å². The topological polar surface area (TPSA) is 58.0 Å². The van der Waals surface area contributed by atoms with Gasteiger partial charge in [0, 0.05) is 30.3 Å². The van der Waals surface area contributed by atoms with Crippen molar-refractivity contribution in [3.8, 4) is 16.9 Å². The van der Waals surface area contributed by atoms with E-state index in [4.69, 9.17) is 4.74 Å². The third-order valence-corrected chi connectivity index (χ3v) is 8.63. The molecule has 210 valence electrons. The van der Waals surface area contributed by atoms with Crippen LogP contribution in [0.5, 0.6) is 5.75 Å². The summed E-state index contributed by atoms with van der Waals surface area (Å²) in [6.45, 7) is 4.26. The van der Waals surface area contributed by atoms with E-state index in [2.05, 4.69) is 47.5 Å². The van der Waals surface area contributed by atoms with E-state index in [1.54, 1.807) is 7.11 Å². The summed E-state index contributed by atoms with van der Waals surface area (Å²) in [5, 5.41) is 0. The summed E-state index contributed by atoms with van der Waals surface area (Å²) in [6, 6.07) is 26.2. The van der Waals surface area contributed by atoms with Crippen LogP contribution in [0.3, 0.4) is 0 Å². The summed E-state index contributed by atoms with van der Waals surface area (Å²) in [5.41, 5.74) is 7.14. The maximum absolute atomic E-state index is 14.7. The van der Waals surface area contributed by atoms with Gasteiger partial charge in [-0.05, 0) is 80.5 Å². The summed E-state index contributed by atoms with van der Waals surface area (Å²) >= 11 is 0. The van der Waals surface area contributed by atoms with E-state index in [9.17, 15) is 9.59 Å². The van der Waals surface area contributed by atoms with Crippen LogP contribution in [0.2, 0.25) is 0 Å². The zero-order chi connectivity index (χ0) is 28.7. The number of benzene rings is 3. The molecule has 2 atom stereocenters. The third-order valence-electron chi connectivity index (χ3n) is 8.63. The molecule has 0 radical (unpaired) electrons. The predicted octanol–water partition coefficient (Wildman–Crippen LogP) is 5.63. The SMILES string of the molecule is COc1cc(C(=O)N2c3ccccc3Cn3c(C=O)ccc3C2N2CC[C@@H](N(C)C)C2)ccc1-c1ccccc1C. The molecule has 1 saturated heterocycles. The van der Waals surface area contributed by atoms with E-state index >= 15 is 0 Å². The van der Waals surface area contributed by atoms with Crippen LogP contribution in [-0.2, 0) is 6.54 Å². The van der Waals surface area contributed by atoms with Gasteiger partial charge in [-0.3, -0.25) is 19.4 Å². The first-order valence-electron chi connectivity index (χ1n) is 14.1. The van der Waals surface area contributed by atoms with E-state index in [-0.39, 0.29) is 12.1 Å². The Balaban J connectivity index is 1.50. The molecule has 0 saturated carbocycles. The number of nitrogens with zero attached hydrogens (tertiary/aromatic N) is 4. The Morgan fingerprint density at radius 1 is 0.976 bits per heavy atom. The molecule has 7 heteroatoms. The standard InChI is InChI=1S/C34H36N4O3/c1-23-9-5-7-11-28(23)29-15-13-24(19-32(29)41-4)34(40)38-30-12-8-6-10-25(30)20-37-27(22-39)14-16-31(37)33(38)36-18-17-26(21-36)35(2)3/h5-16,19,22,26,33H,17-18,20-21H2,1-4H3/t26-,33?/m1/s1. The van der Waals surface area contributed by atoms with Gasteiger partial charge >= 0.3 is 0 Å². The normalized spacial score (nSPS) is 18.6. The fourth-order valence-corrected chi connectivity index (χ4v) is 6.37. The summed E-state index contributed by atoms with van der Waals surface area (Å²) in [6.07, 6.45) is 1.54. The van der Waals surface area contributed by atoms with Crippen molar-refractivity contribution in [2.75, 3.05) is 39.2 Å². The number of likely N-dealkylation sites (N-methyl/N-ethyl adjacent to an activating group) is 1. The van der Waals surface area contributed by atoms with Crippen molar-refractivity contribution < 1.29 is 14.3 Å². The number of likely N-dealkylation sites (tertiary alicyclic amines) is 1. The summed E-state index contributed by atoms with van der Waals surface area (Å²) in [7, 11) is 5.86. The van der Waals surface area contributed by atoms with Gasteiger partial charge in [-0.2, -0.15) is 0 Å². The van der Waals surface area contributed by atoms with Crippen molar-refractivity contribution in [1.82, 2.24) is 14.4 Å². The average Bonchev–Trinajstić information content (AvgIpc) is 3.61. The molecule has 2 aliphatic rings. The highest BCUT2D eigenvalue weighted by Crippen LogP contribution is 2.41. The van der Waals surface area contributed by atoms with Crippen molar-refractivity contribution >= 4 is 17.9 Å². The van der Waals surface area contributed by atoms with Crippen LogP contribution < -0.4 is 9.64 Å². The molecule has 1 fully saturated rings. The van der Waals surface area contributed by atoms with Gasteiger partial charge in [0.1, 0.15) is 11.9 Å². The Bertz CT molecular complexity index is 1610. The number of aryl methyl sites for hydroxylation is 1. The molecule has 1 amide bonds. The molecule has 0 bridgehead atoms. The van der Waals surface area contributed by atoms with Crippen molar-refractivity contribution in [3.63, 3.8) is 0 Å². The maximum Gasteiger partial charge on any atom is 0.260 e. The molecule has 0 N–H and O–H groups in total. The number of ether oxygens (including phenoxy) is 1. The lowest BCUT2D eigenvalue weighted by molar-refractivity contribution is 0.0930.